The molecule has 1 aromatic rings. The second-order valence-electron chi connectivity index (χ2n) is 3.64. The lowest BCUT2D eigenvalue weighted by Gasteiger charge is -2.11. The summed E-state index contributed by atoms with van der Waals surface area (Å²) >= 11 is 0. The molecule has 0 saturated carbocycles. The minimum atomic E-state index is -0.765. The summed E-state index contributed by atoms with van der Waals surface area (Å²) in [5.74, 6) is -0.665. The summed E-state index contributed by atoms with van der Waals surface area (Å²) in [7, 11) is 1.30. The van der Waals surface area contributed by atoms with Crippen molar-refractivity contribution in [3.8, 4) is 0 Å². The van der Waals surface area contributed by atoms with Crippen LogP contribution in [-0.4, -0.2) is 18.2 Å². The zero-order chi connectivity index (χ0) is 12.1. The number of carbonyl (C=O) groups excluding carboxylic acids is 1. The highest BCUT2D eigenvalue weighted by Crippen LogP contribution is 2.20. The average Bonchev–Trinajstić information content (AvgIpc) is 2.29. The van der Waals surface area contributed by atoms with Gasteiger partial charge in [0, 0.05) is 6.42 Å². The monoisotopic (exact) mass is 226 g/mol. The number of hydrogen-bond acceptors (Lipinski definition) is 3. The van der Waals surface area contributed by atoms with Crippen molar-refractivity contribution in [2.75, 3.05) is 7.11 Å². The molecular formula is C12H15FO3. The Morgan fingerprint density at radius 3 is 2.81 bits per heavy atom. The average molecular weight is 226 g/mol. The van der Waals surface area contributed by atoms with Crippen molar-refractivity contribution >= 4 is 5.97 Å². The third-order valence-electron chi connectivity index (χ3n) is 2.42. The molecule has 0 aliphatic rings. The number of benzene rings is 1. The van der Waals surface area contributed by atoms with E-state index in [4.69, 9.17) is 0 Å². The minimum Gasteiger partial charge on any atom is -0.469 e. The first-order valence-electron chi connectivity index (χ1n) is 5.05. The molecule has 1 atom stereocenters. The van der Waals surface area contributed by atoms with Crippen LogP contribution in [0.3, 0.4) is 0 Å². The maximum atomic E-state index is 13.0. The van der Waals surface area contributed by atoms with Crippen LogP contribution in [-0.2, 0) is 9.53 Å². The summed E-state index contributed by atoms with van der Waals surface area (Å²) in [4.78, 5) is 10.9. The van der Waals surface area contributed by atoms with Gasteiger partial charge in [-0.3, -0.25) is 4.79 Å². The molecule has 0 amide bonds. The van der Waals surface area contributed by atoms with Crippen LogP contribution in [0.1, 0.15) is 30.1 Å². The molecule has 0 aromatic heterocycles. The number of rotatable bonds is 4. The fourth-order valence-electron chi connectivity index (χ4n) is 1.40. The van der Waals surface area contributed by atoms with Gasteiger partial charge < -0.3 is 9.84 Å². The second-order valence-corrected chi connectivity index (χ2v) is 3.64. The zero-order valence-corrected chi connectivity index (χ0v) is 9.37. The van der Waals surface area contributed by atoms with Crippen LogP contribution >= 0.6 is 0 Å². The standard InChI is InChI=1S/C12H15FO3/c1-8-7-9(3-4-10(8)13)11(14)5-6-12(15)16-2/h3-4,7,11,14H,5-6H2,1-2H3/t11-/m1/s1. The number of esters is 1. The normalized spacial score (nSPS) is 12.2. The Bertz CT molecular complexity index is 377. The molecule has 0 aliphatic carbocycles. The van der Waals surface area contributed by atoms with E-state index in [9.17, 15) is 14.3 Å². The van der Waals surface area contributed by atoms with E-state index in [2.05, 4.69) is 4.74 Å². The quantitative estimate of drug-likeness (QED) is 0.800. The highest BCUT2D eigenvalue weighted by Gasteiger charge is 2.11. The molecule has 0 aliphatic heterocycles. The van der Waals surface area contributed by atoms with Gasteiger partial charge in [-0.1, -0.05) is 12.1 Å². The van der Waals surface area contributed by atoms with Gasteiger partial charge in [-0.2, -0.15) is 0 Å². The predicted octanol–water partition coefficient (Wildman–Crippen LogP) is 2.12. The molecule has 88 valence electrons. The van der Waals surface area contributed by atoms with Gasteiger partial charge in [-0.05, 0) is 30.5 Å². The van der Waals surface area contributed by atoms with Gasteiger partial charge in [-0.25, -0.2) is 4.39 Å². The van der Waals surface area contributed by atoms with Gasteiger partial charge in [0.25, 0.3) is 0 Å². The fraction of sp³-hybridized carbons (Fsp3) is 0.417. The molecule has 0 radical (unpaired) electrons. The molecule has 1 aromatic carbocycles. The number of aliphatic hydroxyl groups excluding tert-OH is 1. The summed E-state index contributed by atoms with van der Waals surface area (Å²) in [5, 5.41) is 9.75. The summed E-state index contributed by atoms with van der Waals surface area (Å²) < 4.78 is 17.4. The molecule has 16 heavy (non-hydrogen) atoms. The molecule has 0 unspecified atom stereocenters. The Morgan fingerprint density at radius 1 is 1.56 bits per heavy atom. The number of ether oxygens (including phenoxy) is 1. The van der Waals surface area contributed by atoms with Crippen LogP contribution in [0.2, 0.25) is 0 Å². The van der Waals surface area contributed by atoms with Crippen molar-refractivity contribution in [3.05, 3.63) is 35.1 Å². The Morgan fingerprint density at radius 2 is 2.25 bits per heavy atom. The molecule has 0 spiro atoms. The van der Waals surface area contributed by atoms with Crippen molar-refractivity contribution in [2.24, 2.45) is 0 Å². The molecule has 1 rings (SSSR count). The second kappa shape index (κ2) is 5.61. The zero-order valence-electron chi connectivity index (χ0n) is 9.37. The molecule has 4 heteroatoms. The van der Waals surface area contributed by atoms with Crippen molar-refractivity contribution in [1.29, 1.82) is 0 Å². The summed E-state index contributed by atoms with van der Waals surface area (Å²) in [6.07, 6.45) is -0.343. The highest BCUT2D eigenvalue weighted by atomic mass is 19.1. The molecular weight excluding hydrogens is 211 g/mol. The van der Waals surface area contributed by atoms with Crippen molar-refractivity contribution in [1.82, 2.24) is 0 Å². The van der Waals surface area contributed by atoms with Crippen LogP contribution in [0.5, 0.6) is 0 Å². The molecule has 0 bridgehead atoms. The number of aliphatic hydroxyl groups is 1. The first-order valence-corrected chi connectivity index (χ1v) is 5.05. The van der Waals surface area contributed by atoms with Crippen LogP contribution in [0.4, 0.5) is 4.39 Å². The highest BCUT2D eigenvalue weighted by molar-refractivity contribution is 5.69. The Hall–Kier alpha value is -1.42. The minimum absolute atomic E-state index is 0.147. The molecule has 3 nitrogen and oxygen atoms in total. The van der Waals surface area contributed by atoms with E-state index in [1.165, 1.54) is 19.2 Å². The lowest BCUT2D eigenvalue weighted by Crippen LogP contribution is -2.05. The Kier molecular flexibility index (Phi) is 4.43. The van der Waals surface area contributed by atoms with E-state index in [1.54, 1.807) is 13.0 Å². The van der Waals surface area contributed by atoms with E-state index in [0.717, 1.165) is 0 Å². The number of carbonyl (C=O) groups is 1. The van der Waals surface area contributed by atoms with Crippen LogP contribution in [0.25, 0.3) is 0 Å². The smallest absolute Gasteiger partial charge is 0.305 e. The maximum absolute atomic E-state index is 13.0. The fourth-order valence-corrected chi connectivity index (χ4v) is 1.40. The van der Waals surface area contributed by atoms with E-state index < -0.39 is 6.10 Å². The SMILES string of the molecule is COC(=O)CC[C@@H](O)c1ccc(F)c(C)c1. The molecule has 0 fully saturated rings. The first kappa shape index (κ1) is 12.6. The van der Waals surface area contributed by atoms with Gasteiger partial charge in [-0.15, -0.1) is 0 Å². The maximum Gasteiger partial charge on any atom is 0.305 e. The topological polar surface area (TPSA) is 46.5 Å². The lowest BCUT2D eigenvalue weighted by molar-refractivity contribution is -0.141. The van der Waals surface area contributed by atoms with Crippen molar-refractivity contribution < 1.29 is 19.0 Å². The molecule has 0 heterocycles. The van der Waals surface area contributed by atoms with E-state index in [-0.39, 0.29) is 24.6 Å². The van der Waals surface area contributed by atoms with Crippen molar-refractivity contribution in [2.45, 2.75) is 25.9 Å². The predicted molar refractivity (Wildman–Crippen MR) is 57.3 cm³/mol. The van der Waals surface area contributed by atoms with Gasteiger partial charge in [0.15, 0.2) is 0 Å². The molecule has 0 saturated heterocycles. The third-order valence-corrected chi connectivity index (χ3v) is 2.42. The number of hydrogen-bond donors (Lipinski definition) is 1. The largest absolute Gasteiger partial charge is 0.469 e. The van der Waals surface area contributed by atoms with Gasteiger partial charge >= 0.3 is 5.97 Å². The molecule has 1 N–H and O–H groups in total. The van der Waals surface area contributed by atoms with Crippen LogP contribution < -0.4 is 0 Å². The van der Waals surface area contributed by atoms with E-state index >= 15 is 0 Å². The summed E-state index contributed by atoms with van der Waals surface area (Å²) in [6.45, 7) is 1.63. The van der Waals surface area contributed by atoms with Gasteiger partial charge in [0.1, 0.15) is 5.82 Å². The van der Waals surface area contributed by atoms with Crippen molar-refractivity contribution in [3.63, 3.8) is 0 Å². The number of methoxy groups -OCH3 is 1. The summed E-state index contributed by atoms with van der Waals surface area (Å²) in [6, 6.07) is 4.41. The first-order chi connectivity index (χ1) is 7.54. The number of aryl methyl sites for hydroxylation is 1. The summed E-state index contributed by atoms with van der Waals surface area (Å²) in [5.41, 5.74) is 1.09. The van der Waals surface area contributed by atoms with Gasteiger partial charge in [0.05, 0.1) is 13.2 Å². The van der Waals surface area contributed by atoms with Crippen LogP contribution in [0, 0.1) is 12.7 Å². The van der Waals surface area contributed by atoms with E-state index in [1.807, 2.05) is 0 Å². The van der Waals surface area contributed by atoms with Crippen LogP contribution in [0.15, 0.2) is 18.2 Å². The van der Waals surface area contributed by atoms with Gasteiger partial charge in [0.2, 0.25) is 0 Å². The Labute approximate surface area is 93.9 Å². The number of halogens is 1. The van der Waals surface area contributed by atoms with E-state index in [0.29, 0.717) is 11.1 Å². The lowest BCUT2D eigenvalue weighted by atomic mass is 10.0. The Balaban J connectivity index is 2.62. The third kappa shape index (κ3) is 3.31.